The zero-order valence-corrected chi connectivity index (χ0v) is 20.8. The molecule has 2 aromatic rings. The Labute approximate surface area is 209 Å². The highest BCUT2D eigenvalue weighted by atomic mass is 16.5. The van der Waals surface area contributed by atoms with Crippen molar-refractivity contribution in [1.82, 2.24) is 5.32 Å². The third-order valence-corrected chi connectivity index (χ3v) is 5.80. The molecule has 0 bridgehead atoms. The van der Waals surface area contributed by atoms with E-state index >= 15 is 0 Å². The number of dihydropyridines is 1. The summed E-state index contributed by atoms with van der Waals surface area (Å²) in [5.74, 6) is -2.46. The summed E-state index contributed by atoms with van der Waals surface area (Å²) in [5, 5.41) is 13.7. The van der Waals surface area contributed by atoms with Crippen molar-refractivity contribution in [2.75, 3.05) is 14.2 Å². The summed E-state index contributed by atoms with van der Waals surface area (Å²) in [5.41, 5.74) is 3.25. The molecule has 0 aromatic heterocycles. The number of ether oxygens (including phenoxy) is 2. The van der Waals surface area contributed by atoms with Gasteiger partial charge in [-0.15, -0.1) is 0 Å². The summed E-state index contributed by atoms with van der Waals surface area (Å²) in [6.07, 6.45) is 1.30. The van der Waals surface area contributed by atoms with Crippen LogP contribution >= 0.6 is 0 Å². The second kappa shape index (κ2) is 11.3. The highest BCUT2D eigenvalue weighted by molar-refractivity contribution is 6.17. The van der Waals surface area contributed by atoms with Crippen molar-refractivity contribution >= 4 is 35.4 Å². The zero-order chi connectivity index (χ0) is 26.4. The van der Waals surface area contributed by atoms with Gasteiger partial charge in [0.15, 0.2) is 5.78 Å². The zero-order valence-electron chi connectivity index (χ0n) is 20.8. The number of aliphatic hydroxyl groups is 1. The summed E-state index contributed by atoms with van der Waals surface area (Å²) in [7, 11) is 2.55. The predicted molar refractivity (Wildman–Crippen MR) is 137 cm³/mol. The van der Waals surface area contributed by atoms with E-state index in [-0.39, 0.29) is 28.3 Å². The summed E-state index contributed by atoms with van der Waals surface area (Å²) in [6, 6.07) is 15.6. The molecular formula is C28H28N2O6. The van der Waals surface area contributed by atoms with E-state index in [0.29, 0.717) is 28.2 Å². The van der Waals surface area contributed by atoms with Crippen molar-refractivity contribution < 1.29 is 29.0 Å². The molecule has 0 amide bonds. The van der Waals surface area contributed by atoms with E-state index in [1.54, 1.807) is 62.4 Å². The van der Waals surface area contributed by atoms with Crippen LogP contribution in [0.15, 0.2) is 87.7 Å². The highest BCUT2D eigenvalue weighted by Gasteiger charge is 2.37. The number of nitrogens with zero attached hydrogens (tertiary/aromatic N) is 1. The molecule has 3 rings (SSSR count). The van der Waals surface area contributed by atoms with Crippen molar-refractivity contribution in [1.29, 1.82) is 0 Å². The smallest absolute Gasteiger partial charge is 0.336 e. The fraction of sp³-hybridized carbons (Fsp3) is 0.214. The lowest BCUT2D eigenvalue weighted by molar-refractivity contribution is -0.137. The monoisotopic (exact) mass is 488 g/mol. The lowest BCUT2D eigenvalue weighted by atomic mass is 9.80. The minimum atomic E-state index is -0.762. The van der Waals surface area contributed by atoms with Crippen molar-refractivity contribution in [3.05, 3.63) is 93.8 Å². The fourth-order valence-corrected chi connectivity index (χ4v) is 4.08. The molecule has 0 fully saturated rings. The minimum absolute atomic E-state index is 0.0467. The van der Waals surface area contributed by atoms with Crippen LogP contribution < -0.4 is 5.32 Å². The van der Waals surface area contributed by atoms with Crippen LogP contribution in [0.1, 0.15) is 37.8 Å². The van der Waals surface area contributed by atoms with Crippen LogP contribution in [0, 0.1) is 0 Å². The van der Waals surface area contributed by atoms with Gasteiger partial charge in [0.1, 0.15) is 5.76 Å². The van der Waals surface area contributed by atoms with Crippen molar-refractivity contribution in [2.45, 2.75) is 26.7 Å². The lowest BCUT2D eigenvalue weighted by Crippen LogP contribution is -2.32. The van der Waals surface area contributed by atoms with Gasteiger partial charge < -0.3 is 19.9 Å². The summed E-state index contributed by atoms with van der Waals surface area (Å²) < 4.78 is 10.0. The van der Waals surface area contributed by atoms with Gasteiger partial charge in [0.25, 0.3) is 0 Å². The van der Waals surface area contributed by atoms with Gasteiger partial charge in [0.2, 0.25) is 0 Å². The number of hydrogen-bond acceptors (Lipinski definition) is 8. The molecule has 8 heteroatoms. The van der Waals surface area contributed by atoms with Crippen molar-refractivity contribution in [2.24, 2.45) is 4.99 Å². The van der Waals surface area contributed by atoms with E-state index in [9.17, 15) is 19.5 Å². The van der Waals surface area contributed by atoms with Gasteiger partial charge in [-0.25, -0.2) is 9.59 Å². The maximum absolute atomic E-state index is 12.7. The van der Waals surface area contributed by atoms with Gasteiger partial charge in [-0.1, -0.05) is 42.5 Å². The van der Waals surface area contributed by atoms with E-state index in [4.69, 9.17) is 9.47 Å². The number of carbonyl (C=O) groups excluding carboxylic acids is 3. The Balaban J connectivity index is 2.10. The maximum atomic E-state index is 12.7. The molecule has 186 valence electrons. The Bertz CT molecular complexity index is 1280. The molecule has 0 aliphatic carbocycles. The van der Waals surface area contributed by atoms with Crippen LogP contribution in [0.4, 0.5) is 5.69 Å². The highest BCUT2D eigenvalue weighted by Crippen LogP contribution is 2.40. The number of ketones is 1. The number of rotatable bonds is 7. The van der Waals surface area contributed by atoms with Gasteiger partial charge in [0, 0.05) is 23.2 Å². The molecular weight excluding hydrogens is 460 g/mol. The number of esters is 2. The van der Waals surface area contributed by atoms with Crippen LogP contribution in [-0.2, 0) is 23.9 Å². The second-order valence-electron chi connectivity index (χ2n) is 8.16. The van der Waals surface area contributed by atoms with E-state index in [1.807, 2.05) is 6.07 Å². The Kier molecular flexibility index (Phi) is 8.22. The summed E-state index contributed by atoms with van der Waals surface area (Å²) in [4.78, 5) is 42.1. The number of aliphatic hydroxyl groups excluding tert-OH is 1. The van der Waals surface area contributed by atoms with Crippen molar-refractivity contribution in [3.8, 4) is 0 Å². The number of benzene rings is 2. The molecule has 0 saturated carbocycles. The second-order valence-corrected chi connectivity index (χ2v) is 8.16. The van der Waals surface area contributed by atoms with Gasteiger partial charge in [-0.3, -0.25) is 9.79 Å². The average molecular weight is 489 g/mol. The molecule has 0 radical (unpaired) electrons. The maximum Gasteiger partial charge on any atom is 0.336 e. The molecule has 1 aliphatic rings. The van der Waals surface area contributed by atoms with Crippen LogP contribution in [0.25, 0.3) is 5.76 Å². The van der Waals surface area contributed by atoms with Crippen LogP contribution in [0.5, 0.6) is 0 Å². The number of allylic oxidation sites excluding steroid dienone is 3. The lowest BCUT2D eigenvalue weighted by Gasteiger charge is -2.30. The molecule has 2 aromatic carbocycles. The number of carbonyl (C=O) groups is 3. The van der Waals surface area contributed by atoms with Crippen molar-refractivity contribution in [3.63, 3.8) is 0 Å². The van der Waals surface area contributed by atoms with Gasteiger partial charge in [-0.05, 0) is 38.5 Å². The molecule has 1 heterocycles. The molecule has 1 aliphatic heterocycles. The normalized spacial score (nSPS) is 14.9. The third kappa shape index (κ3) is 5.43. The van der Waals surface area contributed by atoms with E-state index in [2.05, 4.69) is 10.3 Å². The van der Waals surface area contributed by atoms with Crippen LogP contribution in [0.3, 0.4) is 0 Å². The molecule has 36 heavy (non-hydrogen) atoms. The van der Waals surface area contributed by atoms with E-state index < -0.39 is 17.9 Å². The van der Waals surface area contributed by atoms with Gasteiger partial charge in [0.05, 0.1) is 42.5 Å². The van der Waals surface area contributed by atoms with Crippen LogP contribution in [-0.4, -0.2) is 43.3 Å². The number of hydrogen-bond donors (Lipinski definition) is 2. The average Bonchev–Trinajstić information content (AvgIpc) is 2.87. The molecule has 0 saturated heterocycles. The van der Waals surface area contributed by atoms with Gasteiger partial charge in [-0.2, -0.15) is 0 Å². The first-order valence-electron chi connectivity index (χ1n) is 11.2. The fourth-order valence-electron chi connectivity index (χ4n) is 4.08. The molecule has 0 spiro atoms. The topological polar surface area (TPSA) is 114 Å². The van der Waals surface area contributed by atoms with Crippen LogP contribution in [0.2, 0.25) is 0 Å². The first-order valence-corrected chi connectivity index (χ1v) is 11.2. The molecule has 0 unspecified atom stereocenters. The number of nitrogens with one attached hydrogen (secondary N) is 1. The first kappa shape index (κ1) is 26.2. The standard InChI is InChI=1S/C28H28N2O6/c1-16-23(27(33)35-4)25(24(17(2)30-16)28(34)36-5)20-12-9-13-21(14-20)29-15-22(18(3)31)26(32)19-10-7-6-8-11-19/h6-15,25,30,32H,1-5H3/b26-22-,29-15?. The van der Waals surface area contributed by atoms with E-state index in [0.717, 1.165) is 0 Å². The largest absolute Gasteiger partial charge is 0.507 e. The first-order chi connectivity index (χ1) is 17.2. The third-order valence-electron chi connectivity index (χ3n) is 5.80. The molecule has 2 N–H and O–H groups in total. The Hall–Kier alpha value is -4.46. The Morgan fingerprint density at radius 1 is 0.917 bits per heavy atom. The summed E-state index contributed by atoms with van der Waals surface area (Å²) in [6.45, 7) is 4.81. The molecule has 0 atom stereocenters. The van der Waals surface area contributed by atoms with Gasteiger partial charge >= 0.3 is 11.9 Å². The summed E-state index contributed by atoms with van der Waals surface area (Å²) >= 11 is 0. The SMILES string of the molecule is COC(=O)C1=C(C)NC(C)=C(C(=O)OC)C1c1cccc(N=C/C(C(C)=O)=C(/O)c2ccccc2)c1. The number of aliphatic imine (C=N–C) groups is 1. The number of methoxy groups -OCH3 is 2. The minimum Gasteiger partial charge on any atom is -0.507 e. The quantitative estimate of drug-likeness (QED) is 0.255. The van der Waals surface area contributed by atoms with E-state index in [1.165, 1.54) is 27.4 Å². The molecule has 8 nitrogen and oxygen atoms in total. The Morgan fingerprint density at radius 3 is 2.03 bits per heavy atom. The Morgan fingerprint density at radius 2 is 1.50 bits per heavy atom. The number of Topliss-reactive ketones (excluding diaryl/α,β-unsaturated/α-hetero) is 1. The predicted octanol–water partition coefficient (Wildman–Crippen LogP) is 4.53.